The lowest BCUT2D eigenvalue weighted by Crippen LogP contribution is -2.03. The van der Waals surface area contributed by atoms with Gasteiger partial charge in [-0.2, -0.15) is 0 Å². The zero-order valence-corrected chi connectivity index (χ0v) is 20.0. The molecule has 0 unspecified atom stereocenters. The van der Waals surface area contributed by atoms with Crippen molar-refractivity contribution in [1.82, 2.24) is 0 Å². The minimum absolute atomic E-state index is 0.400. The summed E-state index contributed by atoms with van der Waals surface area (Å²) in [7, 11) is 1.61. The van der Waals surface area contributed by atoms with E-state index in [0.29, 0.717) is 42.5 Å². The molecule has 5 heteroatoms. The molecule has 0 atom stereocenters. The first-order chi connectivity index (χ1) is 17.1. The van der Waals surface area contributed by atoms with Gasteiger partial charge < -0.3 is 18.9 Å². The predicted octanol–water partition coefficient (Wildman–Crippen LogP) is 6.38. The van der Waals surface area contributed by atoms with Crippen LogP contribution >= 0.6 is 0 Å². The molecule has 3 aromatic carbocycles. The molecule has 0 spiro atoms. The van der Waals surface area contributed by atoms with Crippen molar-refractivity contribution in [3.8, 4) is 17.2 Å². The van der Waals surface area contributed by atoms with E-state index in [2.05, 4.69) is 6.58 Å². The van der Waals surface area contributed by atoms with Gasteiger partial charge in [-0.15, -0.1) is 6.58 Å². The SMILES string of the molecule is C=CCc1cc(/C=C2\C=C(c3ccc(OC)cc3)OC2=O)cc(OCC)c1OCc1ccccc1. The average molecular weight is 469 g/mol. The number of hydrogen-bond donors (Lipinski definition) is 0. The van der Waals surface area contributed by atoms with Crippen LogP contribution in [0.2, 0.25) is 0 Å². The maximum Gasteiger partial charge on any atom is 0.343 e. The number of benzene rings is 3. The minimum atomic E-state index is -0.400. The maximum atomic E-state index is 12.6. The second-order valence-electron chi connectivity index (χ2n) is 7.93. The molecule has 0 radical (unpaired) electrons. The third-order valence-corrected chi connectivity index (χ3v) is 5.47. The number of carbonyl (C=O) groups is 1. The van der Waals surface area contributed by atoms with Gasteiger partial charge in [0, 0.05) is 11.1 Å². The van der Waals surface area contributed by atoms with Crippen LogP contribution in [0.3, 0.4) is 0 Å². The highest BCUT2D eigenvalue weighted by molar-refractivity contribution is 6.05. The van der Waals surface area contributed by atoms with E-state index >= 15 is 0 Å². The van der Waals surface area contributed by atoms with E-state index in [-0.39, 0.29) is 0 Å². The van der Waals surface area contributed by atoms with Gasteiger partial charge in [0.25, 0.3) is 0 Å². The Morgan fingerprint density at radius 2 is 1.77 bits per heavy atom. The van der Waals surface area contributed by atoms with Crippen molar-refractivity contribution in [2.24, 2.45) is 0 Å². The highest BCUT2D eigenvalue weighted by Gasteiger charge is 2.23. The monoisotopic (exact) mass is 468 g/mol. The van der Waals surface area contributed by atoms with E-state index in [9.17, 15) is 4.79 Å². The summed E-state index contributed by atoms with van der Waals surface area (Å²) in [6.07, 6.45) is 5.97. The number of carbonyl (C=O) groups excluding carboxylic acids is 1. The topological polar surface area (TPSA) is 54.0 Å². The molecule has 0 aromatic heterocycles. The Kier molecular flexibility index (Phi) is 7.68. The fourth-order valence-corrected chi connectivity index (χ4v) is 3.80. The lowest BCUT2D eigenvalue weighted by atomic mass is 10.0. The Bertz CT molecular complexity index is 1250. The summed E-state index contributed by atoms with van der Waals surface area (Å²) in [5, 5.41) is 0. The molecule has 5 nitrogen and oxygen atoms in total. The number of cyclic esters (lactones) is 1. The van der Waals surface area contributed by atoms with Gasteiger partial charge in [-0.1, -0.05) is 36.4 Å². The van der Waals surface area contributed by atoms with E-state index < -0.39 is 5.97 Å². The Balaban J connectivity index is 1.66. The molecule has 0 saturated carbocycles. The third kappa shape index (κ3) is 5.82. The fraction of sp³-hybridized carbons (Fsp3) is 0.167. The van der Waals surface area contributed by atoms with Crippen molar-refractivity contribution >= 4 is 17.8 Å². The summed E-state index contributed by atoms with van der Waals surface area (Å²) in [4.78, 5) is 12.6. The van der Waals surface area contributed by atoms with Gasteiger partial charge >= 0.3 is 5.97 Å². The number of methoxy groups -OCH3 is 1. The molecule has 0 N–H and O–H groups in total. The molecule has 1 heterocycles. The van der Waals surface area contributed by atoms with Gasteiger partial charge in [-0.25, -0.2) is 4.79 Å². The largest absolute Gasteiger partial charge is 0.497 e. The summed E-state index contributed by atoms with van der Waals surface area (Å²) in [6, 6.07) is 21.2. The summed E-state index contributed by atoms with van der Waals surface area (Å²) in [5.74, 6) is 2.15. The van der Waals surface area contributed by atoms with E-state index in [4.69, 9.17) is 18.9 Å². The summed E-state index contributed by atoms with van der Waals surface area (Å²) in [5.41, 5.74) is 4.07. The first-order valence-corrected chi connectivity index (χ1v) is 11.5. The van der Waals surface area contributed by atoms with Crippen molar-refractivity contribution < 1.29 is 23.7 Å². The Morgan fingerprint density at radius 3 is 2.46 bits per heavy atom. The van der Waals surface area contributed by atoms with Crippen LogP contribution in [0, 0.1) is 0 Å². The number of hydrogen-bond acceptors (Lipinski definition) is 5. The number of ether oxygens (including phenoxy) is 4. The first kappa shape index (κ1) is 23.9. The van der Waals surface area contributed by atoms with E-state index in [1.807, 2.05) is 79.7 Å². The third-order valence-electron chi connectivity index (χ3n) is 5.47. The zero-order chi connectivity index (χ0) is 24.6. The van der Waals surface area contributed by atoms with Crippen molar-refractivity contribution in [1.29, 1.82) is 0 Å². The van der Waals surface area contributed by atoms with E-state index in [0.717, 1.165) is 28.0 Å². The Labute approximate surface area is 205 Å². The number of esters is 1. The lowest BCUT2D eigenvalue weighted by molar-refractivity contribution is -0.130. The van der Waals surface area contributed by atoms with Crippen LogP contribution in [-0.4, -0.2) is 19.7 Å². The molecule has 4 rings (SSSR count). The number of rotatable bonds is 10. The average Bonchev–Trinajstić information content (AvgIpc) is 3.24. The quantitative estimate of drug-likeness (QED) is 0.196. The standard InChI is InChI=1S/C30H28O5/c1-4-9-24-16-22(18-28(33-5-2)29(24)34-20-21-10-7-6-8-11-21)17-25-19-27(35-30(25)31)23-12-14-26(32-3)15-13-23/h4,6-8,10-19H,1,5,9,20H2,2-3H3/b25-17+. The molecule has 0 aliphatic carbocycles. The Hall–Kier alpha value is -4.25. The van der Waals surface area contributed by atoms with Gasteiger partial charge in [-0.05, 0) is 73.0 Å². The fourth-order valence-electron chi connectivity index (χ4n) is 3.80. The first-order valence-electron chi connectivity index (χ1n) is 11.5. The molecule has 35 heavy (non-hydrogen) atoms. The second kappa shape index (κ2) is 11.3. The van der Waals surface area contributed by atoms with Crippen LogP contribution in [0.25, 0.3) is 11.8 Å². The summed E-state index contributed by atoms with van der Waals surface area (Å²) in [6.45, 7) is 6.72. The molecule has 0 bridgehead atoms. The van der Waals surface area contributed by atoms with E-state index in [1.165, 1.54) is 0 Å². The number of allylic oxidation sites excluding steroid dienone is 1. The molecule has 0 fully saturated rings. The zero-order valence-electron chi connectivity index (χ0n) is 20.0. The van der Waals surface area contributed by atoms with Gasteiger partial charge in [0.05, 0.1) is 19.3 Å². The van der Waals surface area contributed by atoms with E-state index in [1.54, 1.807) is 19.3 Å². The molecule has 3 aromatic rings. The molecular weight excluding hydrogens is 440 g/mol. The van der Waals surface area contributed by atoms with Crippen LogP contribution in [0.15, 0.2) is 91.0 Å². The highest BCUT2D eigenvalue weighted by Crippen LogP contribution is 2.36. The molecule has 0 saturated heterocycles. The lowest BCUT2D eigenvalue weighted by Gasteiger charge is -2.17. The van der Waals surface area contributed by atoms with Gasteiger partial charge in [0.15, 0.2) is 11.5 Å². The predicted molar refractivity (Wildman–Crippen MR) is 137 cm³/mol. The molecular formula is C30H28O5. The van der Waals surface area contributed by atoms with Gasteiger partial charge in [0.2, 0.25) is 0 Å². The van der Waals surface area contributed by atoms with Crippen molar-refractivity contribution in [3.05, 3.63) is 113 Å². The minimum Gasteiger partial charge on any atom is -0.497 e. The molecule has 0 amide bonds. The highest BCUT2D eigenvalue weighted by atomic mass is 16.5. The van der Waals surface area contributed by atoms with Crippen molar-refractivity contribution in [2.45, 2.75) is 20.0 Å². The van der Waals surface area contributed by atoms with Crippen molar-refractivity contribution in [2.75, 3.05) is 13.7 Å². The normalized spacial score (nSPS) is 13.8. The molecule has 178 valence electrons. The molecule has 1 aliphatic heterocycles. The summed E-state index contributed by atoms with van der Waals surface area (Å²) >= 11 is 0. The summed E-state index contributed by atoms with van der Waals surface area (Å²) < 4.78 is 22.8. The van der Waals surface area contributed by atoms with Crippen LogP contribution in [0.5, 0.6) is 17.2 Å². The van der Waals surface area contributed by atoms with Crippen molar-refractivity contribution in [3.63, 3.8) is 0 Å². The van der Waals surface area contributed by atoms with Crippen LogP contribution in [0.4, 0.5) is 0 Å². The van der Waals surface area contributed by atoms with Crippen LogP contribution in [-0.2, 0) is 22.6 Å². The Morgan fingerprint density at radius 1 is 1.00 bits per heavy atom. The smallest absolute Gasteiger partial charge is 0.343 e. The van der Waals surface area contributed by atoms with Gasteiger partial charge in [0.1, 0.15) is 18.1 Å². The maximum absolute atomic E-state index is 12.6. The molecule has 1 aliphatic rings. The van der Waals surface area contributed by atoms with Crippen LogP contribution in [0.1, 0.15) is 29.2 Å². The second-order valence-corrected chi connectivity index (χ2v) is 7.93. The van der Waals surface area contributed by atoms with Crippen LogP contribution < -0.4 is 14.2 Å². The van der Waals surface area contributed by atoms with Gasteiger partial charge in [-0.3, -0.25) is 0 Å².